The van der Waals surface area contributed by atoms with Gasteiger partial charge in [-0.1, -0.05) is 18.2 Å². The van der Waals surface area contributed by atoms with E-state index in [1.165, 1.54) is 0 Å². The molecular weight excluding hydrogens is 298 g/mol. The molecule has 1 rings (SSSR count). The van der Waals surface area contributed by atoms with Crippen molar-refractivity contribution in [1.29, 1.82) is 0 Å². The van der Waals surface area contributed by atoms with Crippen molar-refractivity contribution in [1.82, 2.24) is 5.32 Å². The van der Waals surface area contributed by atoms with Crippen molar-refractivity contribution in [3.05, 3.63) is 30.3 Å². The van der Waals surface area contributed by atoms with E-state index in [9.17, 15) is 18.0 Å². The first kappa shape index (κ1) is 17.0. The molecule has 1 amide bonds. The summed E-state index contributed by atoms with van der Waals surface area (Å²) < 4.78 is 28.9. The highest BCUT2D eigenvalue weighted by Crippen LogP contribution is 2.08. The Balaban J connectivity index is 2.52. The van der Waals surface area contributed by atoms with Crippen molar-refractivity contribution in [3.8, 4) is 5.75 Å². The first-order valence-electron chi connectivity index (χ1n) is 6.18. The third-order valence-electron chi connectivity index (χ3n) is 2.50. The molecule has 2 N–H and O–H groups in total. The van der Waals surface area contributed by atoms with Crippen molar-refractivity contribution < 1.29 is 27.9 Å². The lowest BCUT2D eigenvalue weighted by Gasteiger charge is -2.13. The van der Waals surface area contributed by atoms with Crippen LogP contribution in [0.1, 0.15) is 6.92 Å². The van der Waals surface area contributed by atoms with E-state index in [1.54, 1.807) is 30.3 Å². The minimum absolute atomic E-state index is 0.0846. The molecule has 21 heavy (non-hydrogen) atoms. The fourth-order valence-corrected chi connectivity index (χ4v) is 2.80. The molecule has 0 aliphatic heterocycles. The first-order chi connectivity index (χ1) is 9.80. The predicted molar refractivity (Wildman–Crippen MR) is 75.8 cm³/mol. The Morgan fingerprint density at radius 2 is 1.90 bits per heavy atom. The van der Waals surface area contributed by atoms with Gasteiger partial charge in [-0.2, -0.15) is 0 Å². The van der Waals surface area contributed by atoms with Gasteiger partial charge in [0.1, 0.15) is 18.4 Å². The summed E-state index contributed by atoms with van der Waals surface area (Å²) in [5.41, 5.74) is 0. The number of para-hydroxylation sites is 1. The Kier molecular flexibility index (Phi) is 6.16. The quantitative estimate of drug-likeness (QED) is 0.702. The molecule has 0 spiro atoms. The van der Waals surface area contributed by atoms with E-state index in [1.807, 2.05) is 0 Å². The average Bonchev–Trinajstić information content (AvgIpc) is 2.38. The number of carbonyl (C=O) groups excluding carboxylic acids is 1. The molecule has 0 saturated heterocycles. The standard InChI is InChI=1S/C13H17NO6S/c1-10(15)14-12(13(16)17)9-21(18,19)8-7-20-11-5-3-2-4-6-11/h2-6,12H,7-9H2,1H3,(H,14,15)(H,16,17)/t12-/m0/s1. The summed E-state index contributed by atoms with van der Waals surface area (Å²) in [5, 5.41) is 11.0. The van der Waals surface area contributed by atoms with E-state index in [-0.39, 0.29) is 12.4 Å². The van der Waals surface area contributed by atoms with Gasteiger partial charge >= 0.3 is 5.97 Å². The normalized spacial score (nSPS) is 12.4. The van der Waals surface area contributed by atoms with Gasteiger partial charge in [0.25, 0.3) is 0 Å². The van der Waals surface area contributed by atoms with Crippen molar-refractivity contribution in [2.45, 2.75) is 13.0 Å². The smallest absolute Gasteiger partial charge is 0.327 e. The Morgan fingerprint density at radius 1 is 1.29 bits per heavy atom. The lowest BCUT2D eigenvalue weighted by molar-refractivity contribution is -0.140. The summed E-state index contributed by atoms with van der Waals surface area (Å²) in [7, 11) is -3.66. The maximum Gasteiger partial charge on any atom is 0.327 e. The molecule has 0 radical (unpaired) electrons. The molecule has 8 heteroatoms. The lowest BCUT2D eigenvalue weighted by atomic mass is 10.3. The molecule has 0 heterocycles. The van der Waals surface area contributed by atoms with Crippen LogP contribution in [0, 0.1) is 0 Å². The van der Waals surface area contributed by atoms with Crippen molar-refractivity contribution >= 4 is 21.7 Å². The van der Waals surface area contributed by atoms with E-state index < -0.39 is 33.5 Å². The number of rotatable bonds is 8. The van der Waals surface area contributed by atoms with E-state index in [2.05, 4.69) is 5.32 Å². The van der Waals surface area contributed by atoms with Crippen LogP contribution in [0.4, 0.5) is 0 Å². The maximum absolute atomic E-state index is 11.8. The minimum atomic E-state index is -3.66. The second-order valence-corrected chi connectivity index (χ2v) is 6.60. The third kappa shape index (κ3) is 6.75. The molecule has 1 aromatic carbocycles. The number of carboxylic acids is 1. The number of carboxylic acid groups (broad SMARTS) is 1. The molecule has 0 unspecified atom stereocenters. The van der Waals surface area contributed by atoms with Gasteiger partial charge in [-0.25, -0.2) is 13.2 Å². The highest BCUT2D eigenvalue weighted by atomic mass is 32.2. The van der Waals surface area contributed by atoms with Crippen LogP contribution in [0.25, 0.3) is 0 Å². The van der Waals surface area contributed by atoms with E-state index in [4.69, 9.17) is 9.84 Å². The number of hydrogen-bond acceptors (Lipinski definition) is 5. The van der Waals surface area contributed by atoms with Crippen LogP contribution < -0.4 is 10.1 Å². The molecule has 0 bridgehead atoms. The van der Waals surface area contributed by atoms with Crippen LogP contribution in [0.15, 0.2) is 30.3 Å². The van der Waals surface area contributed by atoms with Crippen molar-refractivity contribution in [2.75, 3.05) is 18.1 Å². The molecule has 7 nitrogen and oxygen atoms in total. The molecule has 0 aliphatic rings. The van der Waals surface area contributed by atoms with Gasteiger partial charge < -0.3 is 15.2 Å². The topological polar surface area (TPSA) is 110 Å². The third-order valence-corrected chi connectivity index (χ3v) is 4.13. The van der Waals surface area contributed by atoms with Gasteiger partial charge in [0.2, 0.25) is 5.91 Å². The minimum Gasteiger partial charge on any atom is -0.493 e. The van der Waals surface area contributed by atoms with Crippen LogP contribution in [0.2, 0.25) is 0 Å². The molecule has 116 valence electrons. The van der Waals surface area contributed by atoms with E-state index in [0.717, 1.165) is 6.92 Å². The second-order valence-electron chi connectivity index (χ2n) is 4.37. The van der Waals surface area contributed by atoms with Gasteiger partial charge in [0.05, 0.1) is 11.5 Å². The summed E-state index contributed by atoms with van der Waals surface area (Å²) in [6, 6.07) is 7.22. The number of ether oxygens (including phenoxy) is 1. The van der Waals surface area contributed by atoms with E-state index >= 15 is 0 Å². The SMILES string of the molecule is CC(=O)N[C@@H](CS(=O)(=O)CCOc1ccccc1)C(=O)O. The van der Waals surface area contributed by atoms with Gasteiger partial charge in [-0.15, -0.1) is 0 Å². The number of nitrogens with one attached hydrogen (secondary N) is 1. The number of benzene rings is 1. The fourth-order valence-electron chi connectivity index (χ4n) is 1.56. The van der Waals surface area contributed by atoms with Crippen molar-refractivity contribution in [3.63, 3.8) is 0 Å². The second kappa shape index (κ2) is 7.63. The number of amides is 1. The van der Waals surface area contributed by atoms with E-state index in [0.29, 0.717) is 5.75 Å². The van der Waals surface area contributed by atoms with Gasteiger partial charge in [-0.05, 0) is 12.1 Å². The molecule has 0 aliphatic carbocycles. The average molecular weight is 315 g/mol. The molecular formula is C13H17NO6S. The fraction of sp³-hybridized carbons (Fsp3) is 0.385. The first-order valence-corrected chi connectivity index (χ1v) is 8.00. The van der Waals surface area contributed by atoms with Crippen LogP contribution in [0.3, 0.4) is 0 Å². The zero-order chi connectivity index (χ0) is 15.9. The summed E-state index contributed by atoms with van der Waals surface area (Å²) in [4.78, 5) is 21.7. The van der Waals surface area contributed by atoms with Crippen LogP contribution in [0.5, 0.6) is 5.75 Å². The highest BCUT2D eigenvalue weighted by molar-refractivity contribution is 7.91. The Morgan fingerprint density at radius 3 is 2.43 bits per heavy atom. The lowest BCUT2D eigenvalue weighted by Crippen LogP contribution is -2.45. The number of carbonyl (C=O) groups is 2. The zero-order valence-electron chi connectivity index (χ0n) is 11.5. The highest BCUT2D eigenvalue weighted by Gasteiger charge is 2.25. The molecule has 0 aromatic heterocycles. The van der Waals surface area contributed by atoms with Gasteiger partial charge in [0.15, 0.2) is 9.84 Å². The van der Waals surface area contributed by atoms with Crippen LogP contribution >= 0.6 is 0 Å². The Hall–Kier alpha value is -2.09. The Labute approximate surface area is 122 Å². The van der Waals surface area contributed by atoms with Crippen LogP contribution in [-0.2, 0) is 19.4 Å². The molecule has 0 fully saturated rings. The summed E-state index contributed by atoms with van der Waals surface area (Å²) >= 11 is 0. The monoisotopic (exact) mass is 315 g/mol. The maximum atomic E-state index is 11.8. The largest absolute Gasteiger partial charge is 0.493 e. The van der Waals surface area contributed by atoms with Crippen molar-refractivity contribution in [2.24, 2.45) is 0 Å². The summed E-state index contributed by atoms with van der Waals surface area (Å²) in [5.74, 6) is -2.45. The molecule has 1 aromatic rings. The summed E-state index contributed by atoms with van der Waals surface area (Å²) in [6.07, 6.45) is 0. The van der Waals surface area contributed by atoms with Gasteiger partial charge in [-0.3, -0.25) is 4.79 Å². The van der Waals surface area contributed by atoms with Gasteiger partial charge in [0, 0.05) is 6.92 Å². The number of aliphatic carboxylic acids is 1. The molecule has 1 atom stereocenters. The zero-order valence-corrected chi connectivity index (χ0v) is 12.3. The molecule has 0 saturated carbocycles. The van der Waals surface area contributed by atoms with Crippen LogP contribution in [-0.4, -0.2) is 49.6 Å². The number of hydrogen-bond donors (Lipinski definition) is 2. The predicted octanol–water partition coefficient (Wildman–Crippen LogP) is 0.0695. The summed E-state index contributed by atoms with van der Waals surface area (Å²) in [6.45, 7) is 1.04. The number of sulfone groups is 1. The Bertz CT molecular complexity index is 584.